The Labute approximate surface area is 118 Å². The smallest absolute Gasteiger partial charge is 0.239 e. The molecule has 1 aliphatic rings. The van der Waals surface area contributed by atoms with Crippen LogP contribution in [0.3, 0.4) is 0 Å². The van der Waals surface area contributed by atoms with Gasteiger partial charge < -0.3 is 10.2 Å². The van der Waals surface area contributed by atoms with Gasteiger partial charge in [0, 0.05) is 24.5 Å². The van der Waals surface area contributed by atoms with Crippen LogP contribution < -0.4 is 5.32 Å². The molecular formula is C14H19N3OS. The first-order valence-electron chi connectivity index (χ1n) is 6.71. The second-order valence-electron chi connectivity index (χ2n) is 4.87. The van der Waals surface area contributed by atoms with Crippen molar-refractivity contribution in [3.8, 4) is 6.07 Å². The van der Waals surface area contributed by atoms with E-state index in [-0.39, 0.29) is 11.9 Å². The highest BCUT2D eigenvalue weighted by Crippen LogP contribution is 2.15. The molecule has 0 aliphatic carbocycles. The van der Waals surface area contributed by atoms with Gasteiger partial charge in [-0.25, -0.2) is 0 Å². The summed E-state index contributed by atoms with van der Waals surface area (Å²) in [7, 11) is 0. The van der Waals surface area contributed by atoms with E-state index in [4.69, 9.17) is 5.26 Å². The second kappa shape index (κ2) is 6.69. The lowest BCUT2D eigenvalue weighted by molar-refractivity contribution is -0.133. The van der Waals surface area contributed by atoms with Crippen LogP contribution in [0.1, 0.15) is 35.9 Å². The Balaban J connectivity index is 1.81. The number of carbonyl (C=O) groups is 1. The summed E-state index contributed by atoms with van der Waals surface area (Å²) in [5.41, 5.74) is 0. The van der Waals surface area contributed by atoms with Crippen molar-refractivity contribution < 1.29 is 4.79 Å². The number of hydrogen-bond donors (Lipinski definition) is 1. The van der Waals surface area contributed by atoms with Gasteiger partial charge >= 0.3 is 0 Å². The first-order chi connectivity index (χ1) is 9.20. The average Bonchev–Trinajstić information content (AvgIpc) is 2.93. The molecule has 0 bridgehead atoms. The minimum Gasteiger partial charge on any atom is -0.341 e. The number of nitrogens with zero attached hydrogens (tertiary/aromatic N) is 2. The van der Waals surface area contributed by atoms with Gasteiger partial charge in [0.05, 0.1) is 6.04 Å². The zero-order valence-electron chi connectivity index (χ0n) is 11.2. The fraction of sp³-hybridized carbons (Fsp3) is 0.571. The molecule has 1 amide bonds. The molecule has 2 rings (SSSR count). The number of nitrogens with one attached hydrogen (secondary N) is 1. The first-order valence-corrected chi connectivity index (χ1v) is 7.53. The lowest BCUT2D eigenvalue weighted by atomic mass is 10.1. The quantitative estimate of drug-likeness (QED) is 0.917. The van der Waals surface area contributed by atoms with Crippen molar-refractivity contribution >= 4 is 17.2 Å². The maximum absolute atomic E-state index is 12.2. The molecule has 1 N–H and O–H groups in total. The molecule has 0 radical (unpaired) electrons. The standard InChI is InChI=1S/C14H19N3OS/c1-11(14(18)17-7-3-2-4-8-17)16-10-13-6-5-12(9-15)19-13/h5-6,11,16H,2-4,7-8,10H2,1H3. The molecule has 0 saturated carbocycles. The predicted octanol–water partition coefficient (Wildman–Crippen LogP) is 2.11. The number of piperidine rings is 1. The summed E-state index contributed by atoms with van der Waals surface area (Å²) in [5, 5.41) is 12.0. The van der Waals surface area contributed by atoms with Crippen molar-refractivity contribution in [3.63, 3.8) is 0 Å². The van der Waals surface area contributed by atoms with Gasteiger partial charge in [-0.2, -0.15) is 5.26 Å². The average molecular weight is 277 g/mol. The Hall–Kier alpha value is -1.38. The lowest BCUT2D eigenvalue weighted by Gasteiger charge is -2.29. The maximum atomic E-state index is 12.2. The summed E-state index contributed by atoms with van der Waals surface area (Å²) in [6, 6.07) is 5.72. The van der Waals surface area contributed by atoms with Crippen molar-refractivity contribution in [2.45, 2.75) is 38.8 Å². The van der Waals surface area contributed by atoms with Gasteiger partial charge in [-0.3, -0.25) is 4.79 Å². The zero-order chi connectivity index (χ0) is 13.7. The van der Waals surface area contributed by atoms with E-state index >= 15 is 0 Å². The Morgan fingerprint density at radius 1 is 1.47 bits per heavy atom. The molecule has 1 aromatic rings. The number of likely N-dealkylation sites (tertiary alicyclic amines) is 1. The van der Waals surface area contributed by atoms with Gasteiger partial charge in [-0.05, 0) is 38.3 Å². The highest BCUT2D eigenvalue weighted by molar-refractivity contribution is 7.12. The Kier molecular flexibility index (Phi) is 4.94. The van der Waals surface area contributed by atoms with Gasteiger partial charge in [0.1, 0.15) is 10.9 Å². The number of amides is 1. The van der Waals surface area contributed by atoms with Crippen LogP contribution in [-0.4, -0.2) is 29.9 Å². The van der Waals surface area contributed by atoms with E-state index in [0.717, 1.165) is 30.8 Å². The van der Waals surface area contributed by atoms with E-state index in [1.807, 2.05) is 24.0 Å². The van der Waals surface area contributed by atoms with Crippen LogP contribution in [-0.2, 0) is 11.3 Å². The largest absolute Gasteiger partial charge is 0.341 e. The number of thiophene rings is 1. The van der Waals surface area contributed by atoms with Crippen molar-refractivity contribution in [2.24, 2.45) is 0 Å². The molecule has 1 saturated heterocycles. The van der Waals surface area contributed by atoms with Crippen LogP contribution >= 0.6 is 11.3 Å². The summed E-state index contributed by atoms with van der Waals surface area (Å²) in [5.74, 6) is 0.191. The molecule has 1 atom stereocenters. The van der Waals surface area contributed by atoms with Crippen LogP contribution in [0.25, 0.3) is 0 Å². The minimum absolute atomic E-state index is 0.161. The van der Waals surface area contributed by atoms with Gasteiger partial charge in [-0.15, -0.1) is 11.3 Å². The van der Waals surface area contributed by atoms with Gasteiger partial charge in [0.2, 0.25) is 5.91 Å². The van der Waals surface area contributed by atoms with Crippen LogP contribution in [0, 0.1) is 11.3 Å². The summed E-state index contributed by atoms with van der Waals surface area (Å²) >= 11 is 1.47. The van der Waals surface area contributed by atoms with E-state index in [1.54, 1.807) is 0 Å². The number of carbonyl (C=O) groups excluding carboxylic acids is 1. The SMILES string of the molecule is CC(NCc1ccc(C#N)s1)C(=O)N1CCCCC1. The Bertz CT molecular complexity index is 471. The molecule has 0 aromatic carbocycles. The molecule has 19 heavy (non-hydrogen) atoms. The molecular weight excluding hydrogens is 258 g/mol. The fourth-order valence-corrected chi connectivity index (χ4v) is 3.02. The molecule has 1 fully saturated rings. The fourth-order valence-electron chi connectivity index (χ4n) is 2.26. The van der Waals surface area contributed by atoms with E-state index in [1.165, 1.54) is 17.8 Å². The van der Waals surface area contributed by atoms with Gasteiger partial charge in [0.15, 0.2) is 0 Å². The van der Waals surface area contributed by atoms with Crippen molar-refractivity contribution in [3.05, 3.63) is 21.9 Å². The molecule has 1 unspecified atom stereocenters. The molecule has 0 spiro atoms. The molecule has 1 aromatic heterocycles. The van der Waals surface area contributed by atoms with Gasteiger partial charge in [0.25, 0.3) is 0 Å². The Morgan fingerprint density at radius 3 is 2.84 bits per heavy atom. The molecule has 1 aliphatic heterocycles. The normalized spacial score (nSPS) is 16.9. The zero-order valence-corrected chi connectivity index (χ0v) is 12.0. The third-order valence-electron chi connectivity index (χ3n) is 3.39. The van der Waals surface area contributed by atoms with Crippen LogP contribution in [0.4, 0.5) is 0 Å². The summed E-state index contributed by atoms with van der Waals surface area (Å²) in [6.07, 6.45) is 3.47. The molecule has 4 nitrogen and oxygen atoms in total. The third-order valence-corrected chi connectivity index (χ3v) is 4.38. The van der Waals surface area contributed by atoms with E-state index in [9.17, 15) is 4.79 Å². The highest BCUT2D eigenvalue weighted by atomic mass is 32.1. The predicted molar refractivity (Wildman–Crippen MR) is 75.8 cm³/mol. The molecule has 5 heteroatoms. The van der Waals surface area contributed by atoms with Crippen molar-refractivity contribution in [2.75, 3.05) is 13.1 Å². The first kappa shape index (κ1) is 14.0. The Morgan fingerprint density at radius 2 is 2.21 bits per heavy atom. The minimum atomic E-state index is -0.161. The summed E-state index contributed by atoms with van der Waals surface area (Å²) < 4.78 is 0. The summed E-state index contributed by atoms with van der Waals surface area (Å²) in [4.78, 5) is 16.0. The van der Waals surface area contributed by atoms with Crippen LogP contribution in [0.2, 0.25) is 0 Å². The van der Waals surface area contributed by atoms with Crippen molar-refractivity contribution in [1.29, 1.82) is 5.26 Å². The third kappa shape index (κ3) is 3.79. The highest BCUT2D eigenvalue weighted by Gasteiger charge is 2.21. The molecule has 102 valence electrons. The van der Waals surface area contributed by atoms with Crippen LogP contribution in [0.15, 0.2) is 12.1 Å². The maximum Gasteiger partial charge on any atom is 0.239 e. The summed E-state index contributed by atoms with van der Waals surface area (Å²) in [6.45, 7) is 4.34. The number of rotatable bonds is 4. The lowest BCUT2D eigenvalue weighted by Crippen LogP contribution is -2.46. The van der Waals surface area contributed by atoms with Crippen molar-refractivity contribution in [1.82, 2.24) is 10.2 Å². The van der Waals surface area contributed by atoms with E-state index in [2.05, 4.69) is 11.4 Å². The second-order valence-corrected chi connectivity index (χ2v) is 6.03. The monoisotopic (exact) mass is 277 g/mol. The van der Waals surface area contributed by atoms with E-state index < -0.39 is 0 Å². The van der Waals surface area contributed by atoms with E-state index in [0.29, 0.717) is 11.4 Å². The number of hydrogen-bond acceptors (Lipinski definition) is 4. The number of nitriles is 1. The molecule has 2 heterocycles. The van der Waals surface area contributed by atoms with Gasteiger partial charge in [-0.1, -0.05) is 0 Å². The van der Waals surface area contributed by atoms with Crippen LogP contribution in [0.5, 0.6) is 0 Å². The topological polar surface area (TPSA) is 56.1 Å².